The first kappa shape index (κ1) is 39.0. The highest BCUT2D eigenvalue weighted by Gasteiger charge is 2.37. The van der Waals surface area contributed by atoms with Crippen LogP contribution in [0.3, 0.4) is 0 Å². The molecule has 3 saturated heterocycles. The quantitative estimate of drug-likeness (QED) is 0.269. The molecule has 0 saturated carbocycles. The predicted molar refractivity (Wildman–Crippen MR) is 188 cm³/mol. The number of imide groups is 1. The van der Waals surface area contributed by atoms with Crippen LogP contribution in [0.2, 0.25) is 0 Å². The molecule has 53 heavy (non-hydrogen) atoms. The zero-order valence-corrected chi connectivity index (χ0v) is 30.6. The number of carbonyl (C=O) groups is 5. The normalized spacial score (nSPS) is 18.0. The van der Waals surface area contributed by atoms with Crippen LogP contribution < -0.4 is 9.57 Å². The summed E-state index contributed by atoms with van der Waals surface area (Å²) in [5.74, 6) is -0.443. The molecular weight excluding hydrogens is 710 g/mol. The van der Waals surface area contributed by atoms with Crippen molar-refractivity contribution in [2.24, 2.45) is 11.3 Å². The van der Waals surface area contributed by atoms with Crippen LogP contribution in [0.1, 0.15) is 57.9 Å². The number of benzene rings is 1. The summed E-state index contributed by atoms with van der Waals surface area (Å²) in [7, 11) is 0. The first-order valence-corrected chi connectivity index (χ1v) is 18.4. The van der Waals surface area contributed by atoms with Gasteiger partial charge in [0.15, 0.2) is 0 Å². The Morgan fingerprint density at radius 3 is 2.21 bits per heavy atom. The van der Waals surface area contributed by atoms with Crippen molar-refractivity contribution in [1.82, 2.24) is 44.9 Å². The van der Waals surface area contributed by atoms with Crippen LogP contribution in [0.15, 0.2) is 47.9 Å². The number of likely N-dealkylation sites (tertiary alicyclic amines) is 3. The van der Waals surface area contributed by atoms with E-state index in [0.717, 1.165) is 18.4 Å². The molecule has 3 aromatic rings. The lowest BCUT2D eigenvalue weighted by atomic mass is 9.81. The molecule has 3 aliphatic rings. The minimum absolute atomic E-state index is 0.132. The zero-order chi connectivity index (χ0) is 38.0. The van der Waals surface area contributed by atoms with E-state index in [1.807, 2.05) is 26.0 Å². The van der Waals surface area contributed by atoms with Gasteiger partial charge in [-0.1, -0.05) is 37.7 Å². The summed E-state index contributed by atoms with van der Waals surface area (Å²) in [6.07, 6.45) is 6.52. The second-order valence-electron chi connectivity index (χ2n) is 14.0. The van der Waals surface area contributed by atoms with Gasteiger partial charge >= 0.3 is 18.2 Å². The molecule has 2 N–H and O–H groups in total. The number of aliphatic carboxylic acids is 1. The minimum Gasteiger partial charge on any atom is -0.480 e. The number of carboxylic acids is 1. The maximum absolute atomic E-state index is 12.6. The molecule has 4 amide bonds. The van der Waals surface area contributed by atoms with Gasteiger partial charge in [0.1, 0.15) is 18.9 Å². The summed E-state index contributed by atoms with van der Waals surface area (Å²) in [6, 6.07) is 8.88. The Bertz CT molecular complexity index is 1680. The van der Waals surface area contributed by atoms with Crippen LogP contribution in [0.4, 0.5) is 9.59 Å². The largest absolute Gasteiger partial charge is 0.480 e. The molecular formula is C34H45N9O9S. The number of amides is 4. The van der Waals surface area contributed by atoms with E-state index in [2.05, 4.69) is 20.6 Å². The van der Waals surface area contributed by atoms with Gasteiger partial charge in [0.25, 0.3) is 0 Å². The van der Waals surface area contributed by atoms with Crippen LogP contribution in [0.25, 0.3) is 0 Å². The second kappa shape index (κ2) is 18.0. The molecule has 0 spiro atoms. The molecule has 18 nitrogen and oxygen atoms in total. The summed E-state index contributed by atoms with van der Waals surface area (Å²) in [5, 5.41) is 33.4. The molecule has 0 aliphatic carbocycles. The molecule has 2 aromatic heterocycles. The summed E-state index contributed by atoms with van der Waals surface area (Å²) in [5.41, 5.74) is 0.651. The average molecular weight is 756 g/mol. The highest BCUT2D eigenvalue weighted by Crippen LogP contribution is 2.32. The third kappa shape index (κ3) is 11.6. The first-order valence-electron chi connectivity index (χ1n) is 17.5. The standard InChI is InChI=1S/C24H30N6O6S.C10H15N3O3/c1-24(2)13-19(31)29(20(32)14-24)12-7-16-3-5-17(6-4-16)36-23(35)28-10-8-18(9-11-28)37-22-25-26-27-30(22)15-21(33)34;14-10(15)12-6-2-9(3-7-12)8-16-13-5-1-4-11-13/h3-6,18H,7-15H2,1-2H3,(H,33,34);1,4-5,9H,2-3,6-8H2,(H,14,15). The average Bonchev–Trinajstić information content (AvgIpc) is 3.80. The third-order valence-corrected chi connectivity index (χ3v) is 10.5. The Hall–Kier alpha value is -5.20. The molecule has 6 rings (SSSR count). The van der Waals surface area contributed by atoms with E-state index < -0.39 is 18.2 Å². The number of aromatic nitrogens is 6. The Balaban J connectivity index is 0.000000281. The highest BCUT2D eigenvalue weighted by atomic mass is 32.2. The van der Waals surface area contributed by atoms with Crippen molar-refractivity contribution in [2.45, 2.75) is 75.7 Å². The number of carbonyl (C=O) groups excluding carboxylic acids is 3. The number of rotatable bonds is 11. The van der Waals surface area contributed by atoms with E-state index in [-0.39, 0.29) is 29.0 Å². The summed E-state index contributed by atoms with van der Waals surface area (Å²) in [6.45, 7) is 6.69. The van der Waals surface area contributed by atoms with E-state index in [1.54, 1.807) is 35.5 Å². The number of carboxylic acid groups (broad SMARTS) is 2. The van der Waals surface area contributed by atoms with E-state index >= 15 is 0 Å². The van der Waals surface area contributed by atoms with Crippen molar-refractivity contribution >= 4 is 41.7 Å². The van der Waals surface area contributed by atoms with E-state index in [4.69, 9.17) is 19.8 Å². The maximum Gasteiger partial charge on any atom is 0.415 e. The molecule has 0 radical (unpaired) electrons. The fourth-order valence-corrected chi connectivity index (χ4v) is 7.26. The fraction of sp³-hybridized carbons (Fsp3) is 0.559. The number of nitrogens with zero attached hydrogens (tertiary/aromatic N) is 9. The molecule has 0 atom stereocenters. The molecule has 19 heteroatoms. The van der Waals surface area contributed by atoms with Gasteiger partial charge in [-0.05, 0) is 77.6 Å². The van der Waals surface area contributed by atoms with Crippen molar-refractivity contribution in [3.63, 3.8) is 0 Å². The maximum atomic E-state index is 12.6. The first-order chi connectivity index (χ1) is 25.3. The summed E-state index contributed by atoms with van der Waals surface area (Å²) in [4.78, 5) is 70.2. The van der Waals surface area contributed by atoms with Crippen LogP contribution in [0.5, 0.6) is 5.75 Å². The number of hydrogen-bond donors (Lipinski definition) is 2. The van der Waals surface area contributed by atoms with Gasteiger partial charge < -0.3 is 29.6 Å². The van der Waals surface area contributed by atoms with E-state index in [1.165, 1.54) is 31.1 Å². The van der Waals surface area contributed by atoms with Gasteiger partial charge in [-0.3, -0.25) is 19.3 Å². The lowest BCUT2D eigenvalue weighted by molar-refractivity contribution is -0.152. The highest BCUT2D eigenvalue weighted by molar-refractivity contribution is 7.99. The molecule has 5 heterocycles. The van der Waals surface area contributed by atoms with E-state index in [0.29, 0.717) is 88.3 Å². The Morgan fingerprint density at radius 1 is 0.943 bits per heavy atom. The van der Waals surface area contributed by atoms with Gasteiger partial charge in [0, 0.05) is 50.8 Å². The summed E-state index contributed by atoms with van der Waals surface area (Å²) < 4.78 is 6.77. The van der Waals surface area contributed by atoms with Gasteiger partial charge in [-0.25, -0.2) is 14.3 Å². The van der Waals surface area contributed by atoms with E-state index in [9.17, 15) is 24.0 Å². The number of hydrogen-bond acceptors (Lipinski definition) is 12. The Labute approximate surface area is 310 Å². The Kier molecular flexibility index (Phi) is 13.3. The minimum atomic E-state index is -1.02. The number of thioether (sulfide) groups is 1. The third-order valence-electron chi connectivity index (χ3n) is 9.18. The number of piperidine rings is 3. The topological polar surface area (TPSA) is 215 Å². The predicted octanol–water partition coefficient (Wildman–Crippen LogP) is 2.93. The van der Waals surface area contributed by atoms with Crippen LogP contribution in [0, 0.1) is 11.3 Å². The van der Waals surface area contributed by atoms with Gasteiger partial charge in [0.2, 0.25) is 17.0 Å². The lowest BCUT2D eigenvalue weighted by Crippen LogP contribution is -2.46. The van der Waals surface area contributed by atoms with Crippen molar-refractivity contribution < 1.29 is 43.8 Å². The van der Waals surface area contributed by atoms with Gasteiger partial charge in [-0.2, -0.15) is 0 Å². The monoisotopic (exact) mass is 755 g/mol. The molecule has 1 aromatic carbocycles. The van der Waals surface area contributed by atoms with Crippen LogP contribution in [-0.2, 0) is 27.3 Å². The number of ether oxygens (including phenoxy) is 1. The molecule has 3 fully saturated rings. The Morgan fingerprint density at radius 2 is 1.60 bits per heavy atom. The van der Waals surface area contributed by atoms with Crippen molar-refractivity contribution in [2.75, 3.05) is 39.3 Å². The lowest BCUT2D eigenvalue weighted by Gasteiger charge is -2.34. The van der Waals surface area contributed by atoms with Crippen molar-refractivity contribution in [1.29, 1.82) is 0 Å². The second-order valence-corrected chi connectivity index (χ2v) is 15.2. The fourth-order valence-electron chi connectivity index (χ4n) is 6.21. The van der Waals surface area contributed by atoms with Crippen LogP contribution >= 0.6 is 11.8 Å². The zero-order valence-electron chi connectivity index (χ0n) is 29.8. The van der Waals surface area contributed by atoms with Gasteiger partial charge in [-0.15, -0.1) is 15.0 Å². The molecule has 0 unspecified atom stereocenters. The smallest absolute Gasteiger partial charge is 0.415 e. The van der Waals surface area contributed by atoms with Crippen molar-refractivity contribution in [3.05, 3.63) is 48.3 Å². The van der Waals surface area contributed by atoms with Crippen molar-refractivity contribution in [3.8, 4) is 5.75 Å². The summed E-state index contributed by atoms with van der Waals surface area (Å²) >= 11 is 1.41. The van der Waals surface area contributed by atoms with Gasteiger partial charge in [0.05, 0.1) is 12.4 Å². The number of tetrazole rings is 1. The molecule has 3 aliphatic heterocycles. The molecule has 286 valence electrons. The molecule has 0 bridgehead atoms. The SMILES string of the molecule is CC1(C)CC(=O)N(CCc2ccc(OC(=O)N3CCC(Sc4nnnn4CC(=O)O)CC3)cc2)C(=O)C1.O=C(O)N1CCC(COn2cccn2)CC1. The van der Waals surface area contributed by atoms with Crippen LogP contribution in [-0.4, -0.2) is 130 Å².